The molecule has 1 aliphatic carbocycles. The van der Waals surface area contributed by atoms with E-state index < -0.39 is 0 Å². The Morgan fingerprint density at radius 2 is 1.88 bits per heavy atom. The highest BCUT2D eigenvalue weighted by molar-refractivity contribution is 5.81. The Hall–Kier alpha value is -0.570. The van der Waals surface area contributed by atoms with Crippen molar-refractivity contribution >= 4 is 5.91 Å². The summed E-state index contributed by atoms with van der Waals surface area (Å²) in [5.41, 5.74) is 6.20. The monoisotopic (exact) mass is 226 g/mol. The van der Waals surface area contributed by atoms with Gasteiger partial charge in [-0.3, -0.25) is 4.79 Å². The lowest BCUT2D eigenvalue weighted by molar-refractivity contribution is -0.123. The minimum Gasteiger partial charge on any atom is -0.354 e. The molecule has 3 nitrogen and oxygen atoms in total. The van der Waals surface area contributed by atoms with Gasteiger partial charge in [0.15, 0.2) is 0 Å². The maximum atomic E-state index is 11.7. The maximum Gasteiger partial charge on any atom is 0.236 e. The van der Waals surface area contributed by atoms with Crippen molar-refractivity contribution in [1.82, 2.24) is 5.32 Å². The smallest absolute Gasteiger partial charge is 0.236 e. The van der Waals surface area contributed by atoms with Crippen LogP contribution in [0.25, 0.3) is 0 Å². The van der Waals surface area contributed by atoms with Gasteiger partial charge in [0.1, 0.15) is 0 Å². The van der Waals surface area contributed by atoms with Crippen LogP contribution in [0.2, 0.25) is 0 Å². The second kappa shape index (κ2) is 5.17. The van der Waals surface area contributed by atoms with Crippen LogP contribution in [0.3, 0.4) is 0 Å². The molecule has 0 saturated heterocycles. The summed E-state index contributed by atoms with van der Waals surface area (Å²) >= 11 is 0. The van der Waals surface area contributed by atoms with Gasteiger partial charge in [-0.05, 0) is 36.5 Å². The number of hydrogen-bond donors (Lipinski definition) is 2. The van der Waals surface area contributed by atoms with E-state index in [0.717, 1.165) is 13.0 Å². The molecule has 0 aromatic rings. The molecule has 94 valence electrons. The van der Waals surface area contributed by atoms with Gasteiger partial charge in [0.25, 0.3) is 0 Å². The van der Waals surface area contributed by atoms with Gasteiger partial charge in [0.2, 0.25) is 5.91 Å². The second-order valence-electron chi connectivity index (χ2n) is 5.97. The van der Waals surface area contributed by atoms with Gasteiger partial charge in [-0.2, -0.15) is 0 Å². The van der Waals surface area contributed by atoms with Gasteiger partial charge in [0, 0.05) is 6.54 Å². The predicted octanol–water partition coefficient (Wildman–Crippen LogP) is 1.91. The SMILES string of the molecule is CC(C)CC(N)C(=O)NCC1(C(C)C)CC1. The summed E-state index contributed by atoms with van der Waals surface area (Å²) in [6.45, 7) is 9.43. The molecule has 0 aliphatic heterocycles. The van der Waals surface area contributed by atoms with Gasteiger partial charge in [-0.25, -0.2) is 0 Å². The van der Waals surface area contributed by atoms with Gasteiger partial charge in [-0.1, -0.05) is 27.7 Å². The Bertz CT molecular complexity index is 244. The lowest BCUT2D eigenvalue weighted by Crippen LogP contribution is -2.44. The standard InChI is InChI=1S/C13H26N2O/c1-9(2)7-11(14)12(16)15-8-13(5-6-13)10(3)4/h9-11H,5-8,14H2,1-4H3,(H,15,16). The summed E-state index contributed by atoms with van der Waals surface area (Å²) in [5.74, 6) is 1.13. The lowest BCUT2D eigenvalue weighted by Gasteiger charge is -2.21. The van der Waals surface area contributed by atoms with Crippen molar-refractivity contribution in [2.75, 3.05) is 6.54 Å². The van der Waals surface area contributed by atoms with E-state index in [0.29, 0.717) is 17.3 Å². The van der Waals surface area contributed by atoms with Crippen LogP contribution in [0.1, 0.15) is 47.0 Å². The minimum absolute atomic E-state index is 0.0145. The molecule has 1 fully saturated rings. The second-order valence-corrected chi connectivity index (χ2v) is 5.97. The molecule has 3 heteroatoms. The zero-order valence-corrected chi connectivity index (χ0v) is 11.0. The van der Waals surface area contributed by atoms with Crippen molar-refractivity contribution in [3.63, 3.8) is 0 Å². The first kappa shape index (κ1) is 13.5. The molecule has 16 heavy (non-hydrogen) atoms. The highest BCUT2D eigenvalue weighted by Gasteiger charge is 2.45. The zero-order valence-electron chi connectivity index (χ0n) is 11.0. The molecule has 0 radical (unpaired) electrons. The third-order valence-electron chi connectivity index (χ3n) is 3.79. The van der Waals surface area contributed by atoms with E-state index in [2.05, 4.69) is 33.0 Å². The van der Waals surface area contributed by atoms with Crippen molar-refractivity contribution in [3.05, 3.63) is 0 Å². The number of nitrogens with two attached hydrogens (primary N) is 1. The first-order chi connectivity index (χ1) is 7.37. The molecule has 0 heterocycles. The summed E-state index contributed by atoms with van der Waals surface area (Å²) in [6.07, 6.45) is 3.25. The quantitative estimate of drug-likeness (QED) is 0.727. The molecular weight excluding hydrogens is 200 g/mol. The van der Waals surface area contributed by atoms with Gasteiger partial charge < -0.3 is 11.1 Å². The Labute approximate surface area is 99.2 Å². The first-order valence-electron chi connectivity index (χ1n) is 6.40. The molecule has 1 unspecified atom stereocenters. The molecule has 0 aromatic heterocycles. The summed E-state index contributed by atoms with van der Waals surface area (Å²) in [4.78, 5) is 11.7. The Kier molecular flexibility index (Phi) is 4.36. The molecule has 0 spiro atoms. The molecular formula is C13H26N2O. The average molecular weight is 226 g/mol. The van der Waals surface area contributed by atoms with E-state index in [1.165, 1.54) is 12.8 Å². The minimum atomic E-state index is -0.344. The molecule has 1 saturated carbocycles. The number of hydrogen-bond acceptors (Lipinski definition) is 2. The Balaban J connectivity index is 2.30. The van der Waals surface area contributed by atoms with Gasteiger partial charge in [-0.15, -0.1) is 0 Å². The van der Waals surface area contributed by atoms with Crippen LogP contribution in [0.15, 0.2) is 0 Å². The average Bonchev–Trinajstić information content (AvgIpc) is 2.93. The van der Waals surface area contributed by atoms with E-state index in [1.54, 1.807) is 0 Å². The lowest BCUT2D eigenvalue weighted by atomic mass is 9.92. The Morgan fingerprint density at radius 3 is 2.25 bits per heavy atom. The van der Waals surface area contributed by atoms with Crippen molar-refractivity contribution < 1.29 is 4.79 Å². The molecule has 1 atom stereocenters. The molecule has 1 amide bonds. The fraction of sp³-hybridized carbons (Fsp3) is 0.923. The van der Waals surface area contributed by atoms with Crippen LogP contribution >= 0.6 is 0 Å². The third-order valence-corrected chi connectivity index (χ3v) is 3.79. The van der Waals surface area contributed by atoms with E-state index in [9.17, 15) is 4.79 Å². The van der Waals surface area contributed by atoms with Crippen LogP contribution in [0.5, 0.6) is 0 Å². The van der Waals surface area contributed by atoms with E-state index in [1.807, 2.05) is 0 Å². The van der Waals surface area contributed by atoms with E-state index >= 15 is 0 Å². The van der Waals surface area contributed by atoms with Crippen molar-refractivity contribution in [1.29, 1.82) is 0 Å². The van der Waals surface area contributed by atoms with Gasteiger partial charge in [0.05, 0.1) is 6.04 Å². The van der Waals surface area contributed by atoms with Crippen LogP contribution in [0, 0.1) is 17.3 Å². The van der Waals surface area contributed by atoms with Crippen LogP contribution in [-0.4, -0.2) is 18.5 Å². The van der Waals surface area contributed by atoms with Crippen molar-refractivity contribution in [3.8, 4) is 0 Å². The normalized spacial score (nSPS) is 19.9. The number of carbonyl (C=O) groups excluding carboxylic acids is 1. The fourth-order valence-corrected chi connectivity index (χ4v) is 2.13. The molecule has 1 aliphatic rings. The Morgan fingerprint density at radius 1 is 1.31 bits per heavy atom. The van der Waals surface area contributed by atoms with Crippen LogP contribution in [0.4, 0.5) is 0 Å². The number of nitrogens with one attached hydrogen (secondary N) is 1. The van der Waals surface area contributed by atoms with Crippen molar-refractivity contribution in [2.45, 2.75) is 53.0 Å². The topological polar surface area (TPSA) is 55.1 Å². The number of rotatable bonds is 6. The summed E-state index contributed by atoms with van der Waals surface area (Å²) < 4.78 is 0. The van der Waals surface area contributed by atoms with Crippen LogP contribution < -0.4 is 11.1 Å². The number of carbonyl (C=O) groups is 1. The first-order valence-corrected chi connectivity index (χ1v) is 6.40. The molecule has 0 bridgehead atoms. The summed E-state index contributed by atoms with van der Waals surface area (Å²) in [6, 6.07) is -0.344. The maximum absolute atomic E-state index is 11.7. The third kappa shape index (κ3) is 3.48. The highest BCUT2D eigenvalue weighted by Crippen LogP contribution is 2.51. The van der Waals surface area contributed by atoms with Gasteiger partial charge >= 0.3 is 0 Å². The summed E-state index contributed by atoms with van der Waals surface area (Å²) in [7, 11) is 0. The molecule has 0 aromatic carbocycles. The van der Waals surface area contributed by atoms with Crippen LogP contribution in [-0.2, 0) is 4.79 Å². The zero-order chi connectivity index (χ0) is 12.3. The van der Waals surface area contributed by atoms with E-state index in [4.69, 9.17) is 5.73 Å². The fourth-order valence-electron chi connectivity index (χ4n) is 2.13. The van der Waals surface area contributed by atoms with Crippen molar-refractivity contribution in [2.24, 2.45) is 23.0 Å². The summed E-state index contributed by atoms with van der Waals surface area (Å²) in [5, 5.41) is 3.01. The number of amides is 1. The van der Waals surface area contributed by atoms with E-state index in [-0.39, 0.29) is 11.9 Å². The molecule has 1 rings (SSSR count). The largest absolute Gasteiger partial charge is 0.354 e. The molecule has 3 N–H and O–H groups in total. The predicted molar refractivity (Wildman–Crippen MR) is 66.9 cm³/mol. The highest BCUT2D eigenvalue weighted by atomic mass is 16.2.